The number of anilines is 2. The minimum atomic E-state index is -0.314. The molecule has 5 nitrogen and oxygen atoms in total. The summed E-state index contributed by atoms with van der Waals surface area (Å²) < 4.78 is 18.9. The van der Waals surface area contributed by atoms with Gasteiger partial charge in [-0.15, -0.1) is 0 Å². The number of rotatable bonds is 3. The maximum Gasteiger partial charge on any atom is 0.226 e. The van der Waals surface area contributed by atoms with Crippen LogP contribution in [-0.2, 0) is 11.4 Å². The van der Waals surface area contributed by atoms with Gasteiger partial charge in [0.05, 0.1) is 17.4 Å². The lowest BCUT2D eigenvalue weighted by atomic mass is 10.1. The Kier molecular flexibility index (Phi) is 4.28. The molecule has 2 aliphatic heterocycles. The van der Waals surface area contributed by atoms with Crippen LogP contribution in [0.3, 0.4) is 0 Å². The van der Waals surface area contributed by atoms with Gasteiger partial charge in [0.1, 0.15) is 18.2 Å². The highest BCUT2D eigenvalue weighted by Gasteiger charge is 2.30. The summed E-state index contributed by atoms with van der Waals surface area (Å²) in [6.07, 6.45) is 0.483. The lowest BCUT2D eigenvalue weighted by molar-refractivity contribution is -0.116. The van der Waals surface area contributed by atoms with Crippen molar-refractivity contribution in [2.75, 3.05) is 29.9 Å². The molecule has 25 heavy (non-hydrogen) atoms. The van der Waals surface area contributed by atoms with Crippen molar-refractivity contribution >= 4 is 17.3 Å². The number of hydrogen-bond acceptors (Lipinski definition) is 4. The van der Waals surface area contributed by atoms with Crippen LogP contribution in [0.25, 0.3) is 0 Å². The minimum absolute atomic E-state index is 0.0428. The number of ether oxygens (including phenoxy) is 1. The molecule has 0 bridgehead atoms. The molecule has 0 radical (unpaired) electrons. The Bertz CT molecular complexity index is 796. The maximum absolute atomic E-state index is 13.3. The average Bonchev–Trinajstić information content (AvgIpc) is 2.75. The van der Waals surface area contributed by atoms with Gasteiger partial charge in [-0.2, -0.15) is 0 Å². The first-order valence-electron chi connectivity index (χ1n) is 8.47. The Morgan fingerprint density at radius 3 is 3.04 bits per heavy atom. The highest BCUT2D eigenvalue weighted by Crippen LogP contribution is 2.33. The van der Waals surface area contributed by atoms with E-state index >= 15 is 0 Å². The third-order valence-corrected chi connectivity index (χ3v) is 4.62. The van der Waals surface area contributed by atoms with Gasteiger partial charge in [0, 0.05) is 32.1 Å². The number of nitrogens with one attached hydrogen (secondary N) is 2. The lowest BCUT2D eigenvalue weighted by Gasteiger charge is -2.36. The number of carbonyl (C=O) groups excluding carboxylic acids is 1. The summed E-state index contributed by atoms with van der Waals surface area (Å²) in [7, 11) is 0. The van der Waals surface area contributed by atoms with Crippen molar-refractivity contribution in [3.63, 3.8) is 0 Å². The van der Waals surface area contributed by atoms with Crippen molar-refractivity contribution in [3.05, 3.63) is 53.8 Å². The van der Waals surface area contributed by atoms with Gasteiger partial charge < -0.3 is 20.3 Å². The quantitative estimate of drug-likeness (QED) is 0.901. The summed E-state index contributed by atoms with van der Waals surface area (Å²) in [5, 5.41) is 6.34. The molecule has 2 N–H and O–H groups in total. The van der Waals surface area contributed by atoms with E-state index in [2.05, 4.69) is 21.6 Å². The predicted octanol–water partition coefficient (Wildman–Crippen LogP) is 2.53. The third-order valence-electron chi connectivity index (χ3n) is 4.62. The van der Waals surface area contributed by atoms with E-state index in [4.69, 9.17) is 4.74 Å². The van der Waals surface area contributed by atoms with Gasteiger partial charge >= 0.3 is 0 Å². The molecule has 2 aliphatic rings. The zero-order chi connectivity index (χ0) is 17.2. The summed E-state index contributed by atoms with van der Waals surface area (Å²) in [4.78, 5) is 14.4. The standard InChI is InChI=1S/C19H20FN3O2/c20-14-2-1-3-16(9-14)25-12-13-4-5-17-18(8-13)23-7-6-21-11-15(23)10-19(24)22-17/h1-5,8-9,15,21H,6-7,10-12H2,(H,22,24). The lowest BCUT2D eigenvalue weighted by Crippen LogP contribution is -2.51. The molecule has 0 saturated carbocycles. The van der Waals surface area contributed by atoms with Crippen molar-refractivity contribution in [1.82, 2.24) is 5.32 Å². The monoisotopic (exact) mass is 341 g/mol. The highest BCUT2D eigenvalue weighted by atomic mass is 19.1. The number of carbonyl (C=O) groups is 1. The van der Waals surface area contributed by atoms with E-state index in [1.807, 2.05) is 12.1 Å². The molecule has 4 rings (SSSR count). The van der Waals surface area contributed by atoms with Crippen LogP contribution in [0.4, 0.5) is 15.8 Å². The first kappa shape index (κ1) is 15.9. The van der Waals surface area contributed by atoms with E-state index in [1.165, 1.54) is 12.1 Å². The number of halogens is 1. The second-order valence-corrected chi connectivity index (χ2v) is 6.40. The first-order valence-corrected chi connectivity index (χ1v) is 8.47. The van der Waals surface area contributed by atoms with Crippen LogP contribution in [0.1, 0.15) is 12.0 Å². The molecule has 1 atom stereocenters. The smallest absolute Gasteiger partial charge is 0.226 e. The Balaban J connectivity index is 1.57. The predicted molar refractivity (Wildman–Crippen MR) is 94.4 cm³/mol. The van der Waals surface area contributed by atoms with Crippen LogP contribution < -0.4 is 20.3 Å². The van der Waals surface area contributed by atoms with Gasteiger partial charge in [-0.25, -0.2) is 4.39 Å². The van der Waals surface area contributed by atoms with E-state index in [-0.39, 0.29) is 17.8 Å². The second kappa shape index (κ2) is 6.72. The Morgan fingerprint density at radius 2 is 2.16 bits per heavy atom. The Hall–Kier alpha value is -2.60. The fourth-order valence-electron chi connectivity index (χ4n) is 3.41. The van der Waals surface area contributed by atoms with Gasteiger partial charge in [0.15, 0.2) is 0 Å². The number of amides is 1. The molecule has 2 aromatic rings. The van der Waals surface area contributed by atoms with E-state index < -0.39 is 0 Å². The van der Waals surface area contributed by atoms with Crippen molar-refractivity contribution in [2.45, 2.75) is 19.1 Å². The molecule has 2 heterocycles. The maximum atomic E-state index is 13.3. The number of benzene rings is 2. The van der Waals surface area contributed by atoms with Crippen LogP contribution >= 0.6 is 0 Å². The molecule has 1 unspecified atom stereocenters. The van der Waals surface area contributed by atoms with Crippen LogP contribution in [0.2, 0.25) is 0 Å². The zero-order valence-electron chi connectivity index (χ0n) is 13.8. The van der Waals surface area contributed by atoms with Crippen molar-refractivity contribution < 1.29 is 13.9 Å². The van der Waals surface area contributed by atoms with Gasteiger partial charge in [-0.1, -0.05) is 12.1 Å². The molecule has 6 heteroatoms. The van der Waals surface area contributed by atoms with Crippen LogP contribution in [0.5, 0.6) is 5.75 Å². The molecule has 1 amide bonds. The molecule has 0 spiro atoms. The number of nitrogens with zero attached hydrogens (tertiary/aromatic N) is 1. The fraction of sp³-hybridized carbons (Fsp3) is 0.316. The molecule has 1 saturated heterocycles. The summed E-state index contributed by atoms with van der Waals surface area (Å²) >= 11 is 0. The zero-order valence-corrected chi connectivity index (χ0v) is 13.8. The summed E-state index contributed by atoms with van der Waals surface area (Å²) in [6.45, 7) is 2.91. The molecule has 0 aromatic heterocycles. The number of fused-ring (bicyclic) bond motifs is 3. The summed E-state index contributed by atoms with van der Waals surface area (Å²) in [5.74, 6) is 0.232. The summed E-state index contributed by atoms with van der Waals surface area (Å²) in [5.41, 5.74) is 2.85. The van der Waals surface area contributed by atoms with Gasteiger partial charge in [-0.05, 0) is 29.8 Å². The first-order chi connectivity index (χ1) is 12.2. The van der Waals surface area contributed by atoms with Gasteiger partial charge in [0.25, 0.3) is 0 Å². The number of piperazine rings is 1. The topological polar surface area (TPSA) is 53.6 Å². The highest BCUT2D eigenvalue weighted by molar-refractivity contribution is 5.97. The van der Waals surface area contributed by atoms with Crippen LogP contribution in [-0.4, -0.2) is 31.6 Å². The average molecular weight is 341 g/mol. The van der Waals surface area contributed by atoms with E-state index in [9.17, 15) is 9.18 Å². The van der Waals surface area contributed by atoms with E-state index in [0.717, 1.165) is 36.6 Å². The molecule has 130 valence electrons. The number of hydrogen-bond donors (Lipinski definition) is 2. The molecule has 1 fully saturated rings. The normalized spacial score (nSPS) is 19.5. The molecular weight excluding hydrogens is 321 g/mol. The third kappa shape index (κ3) is 3.44. The van der Waals surface area contributed by atoms with Gasteiger partial charge in [0.2, 0.25) is 5.91 Å². The largest absolute Gasteiger partial charge is 0.489 e. The summed E-state index contributed by atoms with van der Waals surface area (Å²) in [6, 6.07) is 12.2. The van der Waals surface area contributed by atoms with Gasteiger partial charge in [-0.3, -0.25) is 4.79 Å². The Morgan fingerprint density at radius 1 is 1.24 bits per heavy atom. The molecule has 0 aliphatic carbocycles. The molecular formula is C19H20FN3O2. The SMILES string of the molecule is O=C1CC2CNCCN2c2cc(COc3cccc(F)c3)ccc2N1. The van der Waals surface area contributed by atoms with Crippen molar-refractivity contribution in [2.24, 2.45) is 0 Å². The van der Waals surface area contributed by atoms with E-state index in [0.29, 0.717) is 18.8 Å². The van der Waals surface area contributed by atoms with E-state index in [1.54, 1.807) is 12.1 Å². The van der Waals surface area contributed by atoms with Crippen molar-refractivity contribution in [1.29, 1.82) is 0 Å². The Labute approximate surface area is 145 Å². The van der Waals surface area contributed by atoms with Crippen LogP contribution in [0, 0.1) is 5.82 Å². The fourth-order valence-corrected chi connectivity index (χ4v) is 3.41. The minimum Gasteiger partial charge on any atom is -0.489 e. The van der Waals surface area contributed by atoms with Crippen molar-refractivity contribution in [3.8, 4) is 5.75 Å². The second-order valence-electron chi connectivity index (χ2n) is 6.40. The molecule has 2 aromatic carbocycles. The van der Waals surface area contributed by atoms with Crippen LogP contribution in [0.15, 0.2) is 42.5 Å².